The van der Waals surface area contributed by atoms with Crippen LogP contribution < -0.4 is 5.32 Å². The quantitative estimate of drug-likeness (QED) is 0.806. The maximum absolute atomic E-state index is 4.20. The molecule has 1 unspecified atom stereocenters. The van der Waals surface area contributed by atoms with Crippen LogP contribution in [0.5, 0.6) is 0 Å². The van der Waals surface area contributed by atoms with Crippen LogP contribution in [0.15, 0.2) is 18.5 Å². The minimum absolute atomic E-state index is 0.463. The van der Waals surface area contributed by atoms with Crippen LogP contribution in [0.3, 0.4) is 0 Å². The first-order valence-corrected chi connectivity index (χ1v) is 5.69. The molecule has 0 aromatic carbocycles. The van der Waals surface area contributed by atoms with Crippen molar-refractivity contribution in [2.45, 2.75) is 45.6 Å². The van der Waals surface area contributed by atoms with Crippen LogP contribution in [0.25, 0.3) is 0 Å². The number of rotatable bonds is 2. The van der Waals surface area contributed by atoms with Crippen LogP contribution in [0.2, 0.25) is 0 Å². The van der Waals surface area contributed by atoms with Gasteiger partial charge in [0.05, 0.1) is 0 Å². The monoisotopic (exact) mass is 205 g/mol. The van der Waals surface area contributed by atoms with Gasteiger partial charge in [-0.3, -0.25) is 0 Å². The Labute approximate surface area is 91.3 Å². The van der Waals surface area contributed by atoms with Crippen molar-refractivity contribution in [1.82, 2.24) is 9.97 Å². The van der Waals surface area contributed by atoms with E-state index in [1.165, 1.54) is 25.7 Å². The maximum atomic E-state index is 4.20. The predicted octanol–water partition coefficient (Wildman–Crippen LogP) is 2.86. The van der Waals surface area contributed by atoms with Gasteiger partial charge in [0, 0.05) is 18.4 Å². The summed E-state index contributed by atoms with van der Waals surface area (Å²) in [5, 5.41) is 3.41. The number of aromatic nitrogens is 2. The van der Waals surface area contributed by atoms with Crippen molar-refractivity contribution in [3.63, 3.8) is 0 Å². The lowest BCUT2D eigenvalue weighted by Gasteiger charge is -2.35. The first-order chi connectivity index (χ1) is 7.16. The Kier molecular flexibility index (Phi) is 2.89. The number of hydrogen-bond donors (Lipinski definition) is 1. The minimum Gasteiger partial charge on any atom is -0.351 e. The van der Waals surface area contributed by atoms with Gasteiger partial charge in [0.2, 0.25) is 5.95 Å². The summed E-state index contributed by atoms with van der Waals surface area (Å²) in [6, 6.07) is 2.38. The molecule has 0 radical (unpaired) electrons. The van der Waals surface area contributed by atoms with E-state index in [-0.39, 0.29) is 0 Å². The van der Waals surface area contributed by atoms with Gasteiger partial charge in [-0.05, 0) is 30.7 Å². The molecule has 1 heterocycles. The molecule has 1 aliphatic carbocycles. The van der Waals surface area contributed by atoms with Crippen molar-refractivity contribution in [3.8, 4) is 0 Å². The second kappa shape index (κ2) is 4.17. The van der Waals surface area contributed by atoms with Crippen molar-refractivity contribution in [1.29, 1.82) is 0 Å². The fourth-order valence-corrected chi connectivity index (χ4v) is 2.38. The first-order valence-electron chi connectivity index (χ1n) is 5.69. The summed E-state index contributed by atoms with van der Waals surface area (Å²) in [6.07, 6.45) is 8.65. The smallest absolute Gasteiger partial charge is 0.222 e. The lowest BCUT2D eigenvalue weighted by Crippen LogP contribution is -2.32. The molecule has 1 fully saturated rings. The van der Waals surface area contributed by atoms with E-state index >= 15 is 0 Å². The zero-order valence-electron chi connectivity index (χ0n) is 9.53. The average molecular weight is 205 g/mol. The maximum Gasteiger partial charge on any atom is 0.222 e. The van der Waals surface area contributed by atoms with E-state index in [2.05, 4.69) is 29.1 Å². The van der Waals surface area contributed by atoms with E-state index in [4.69, 9.17) is 0 Å². The van der Waals surface area contributed by atoms with E-state index in [0.717, 1.165) is 5.95 Å². The molecule has 1 N–H and O–H groups in total. The molecule has 2 rings (SSSR count). The SMILES string of the molecule is CC1(C)CCCC(Nc2ncccn2)C1. The zero-order valence-corrected chi connectivity index (χ0v) is 9.53. The van der Waals surface area contributed by atoms with Crippen molar-refractivity contribution in [2.75, 3.05) is 5.32 Å². The number of nitrogens with zero attached hydrogens (tertiary/aromatic N) is 2. The second-order valence-corrected chi connectivity index (χ2v) is 5.17. The van der Waals surface area contributed by atoms with Gasteiger partial charge in [0.15, 0.2) is 0 Å². The molecular formula is C12H19N3. The Bertz CT molecular complexity index is 308. The third-order valence-electron chi connectivity index (χ3n) is 3.10. The third kappa shape index (κ3) is 2.91. The summed E-state index contributed by atoms with van der Waals surface area (Å²) in [6.45, 7) is 4.68. The molecule has 1 aliphatic rings. The van der Waals surface area contributed by atoms with E-state index in [1.54, 1.807) is 12.4 Å². The Morgan fingerprint density at radius 3 is 2.73 bits per heavy atom. The predicted molar refractivity (Wildman–Crippen MR) is 61.7 cm³/mol. The van der Waals surface area contributed by atoms with Gasteiger partial charge < -0.3 is 5.32 Å². The number of anilines is 1. The van der Waals surface area contributed by atoms with Gasteiger partial charge in [-0.15, -0.1) is 0 Å². The van der Waals surface area contributed by atoms with Gasteiger partial charge in [-0.25, -0.2) is 9.97 Å². The summed E-state index contributed by atoms with van der Waals surface area (Å²) in [5.74, 6) is 0.764. The zero-order chi connectivity index (χ0) is 10.7. The van der Waals surface area contributed by atoms with Crippen LogP contribution in [0, 0.1) is 5.41 Å². The molecule has 0 aliphatic heterocycles. The molecule has 82 valence electrons. The Hall–Kier alpha value is -1.12. The lowest BCUT2D eigenvalue weighted by molar-refractivity contribution is 0.229. The molecule has 3 nitrogen and oxygen atoms in total. The topological polar surface area (TPSA) is 37.8 Å². The molecule has 0 amide bonds. The van der Waals surface area contributed by atoms with E-state index in [1.807, 2.05) is 6.07 Å². The molecular weight excluding hydrogens is 186 g/mol. The van der Waals surface area contributed by atoms with Crippen LogP contribution in [0.4, 0.5) is 5.95 Å². The molecule has 15 heavy (non-hydrogen) atoms. The van der Waals surface area contributed by atoms with Gasteiger partial charge >= 0.3 is 0 Å². The van der Waals surface area contributed by atoms with Gasteiger partial charge in [-0.2, -0.15) is 0 Å². The summed E-state index contributed by atoms with van der Waals surface area (Å²) in [5.41, 5.74) is 0.463. The molecule has 0 spiro atoms. The summed E-state index contributed by atoms with van der Waals surface area (Å²) < 4.78 is 0. The van der Waals surface area contributed by atoms with Crippen LogP contribution in [-0.2, 0) is 0 Å². The van der Waals surface area contributed by atoms with E-state index in [0.29, 0.717) is 11.5 Å². The third-order valence-corrected chi connectivity index (χ3v) is 3.10. The van der Waals surface area contributed by atoms with Crippen molar-refractivity contribution >= 4 is 5.95 Å². The lowest BCUT2D eigenvalue weighted by atomic mass is 9.75. The molecule has 3 heteroatoms. The molecule has 1 atom stereocenters. The minimum atomic E-state index is 0.463. The fraction of sp³-hybridized carbons (Fsp3) is 0.667. The van der Waals surface area contributed by atoms with Crippen LogP contribution in [-0.4, -0.2) is 16.0 Å². The normalized spacial score (nSPS) is 24.8. The first kappa shape index (κ1) is 10.4. The standard InChI is InChI=1S/C12H19N3/c1-12(2)6-3-5-10(9-12)15-11-13-7-4-8-14-11/h4,7-8,10H,3,5-6,9H2,1-2H3,(H,13,14,15). The Morgan fingerprint density at radius 2 is 2.07 bits per heavy atom. The Balaban J connectivity index is 1.95. The fourth-order valence-electron chi connectivity index (χ4n) is 2.38. The largest absolute Gasteiger partial charge is 0.351 e. The molecule has 0 saturated heterocycles. The highest BCUT2D eigenvalue weighted by Crippen LogP contribution is 2.35. The summed E-state index contributed by atoms with van der Waals surface area (Å²) in [4.78, 5) is 8.40. The van der Waals surface area contributed by atoms with Crippen molar-refractivity contribution in [3.05, 3.63) is 18.5 Å². The molecule has 1 aromatic heterocycles. The van der Waals surface area contributed by atoms with Crippen molar-refractivity contribution < 1.29 is 0 Å². The van der Waals surface area contributed by atoms with E-state index in [9.17, 15) is 0 Å². The molecule has 0 bridgehead atoms. The van der Waals surface area contributed by atoms with Crippen molar-refractivity contribution in [2.24, 2.45) is 5.41 Å². The number of hydrogen-bond acceptors (Lipinski definition) is 3. The highest BCUT2D eigenvalue weighted by atomic mass is 15.1. The van der Waals surface area contributed by atoms with Crippen LogP contribution in [0.1, 0.15) is 39.5 Å². The Morgan fingerprint density at radius 1 is 1.33 bits per heavy atom. The van der Waals surface area contributed by atoms with Gasteiger partial charge in [-0.1, -0.05) is 20.3 Å². The summed E-state index contributed by atoms with van der Waals surface area (Å²) >= 11 is 0. The van der Waals surface area contributed by atoms with Crippen LogP contribution >= 0.6 is 0 Å². The second-order valence-electron chi connectivity index (χ2n) is 5.17. The van der Waals surface area contributed by atoms with E-state index < -0.39 is 0 Å². The summed E-state index contributed by atoms with van der Waals surface area (Å²) in [7, 11) is 0. The molecule has 1 saturated carbocycles. The highest BCUT2D eigenvalue weighted by Gasteiger charge is 2.27. The van der Waals surface area contributed by atoms with Gasteiger partial charge in [0.25, 0.3) is 0 Å². The average Bonchev–Trinajstić information content (AvgIpc) is 2.17. The van der Waals surface area contributed by atoms with Gasteiger partial charge in [0.1, 0.15) is 0 Å². The number of nitrogens with one attached hydrogen (secondary N) is 1. The molecule has 1 aromatic rings. The highest BCUT2D eigenvalue weighted by molar-refractivity contribution is 5.24.